The van der Waals surface area contributed by atoms with E-state index in [1.165, 1.54) is 12.3 Å². The minimum atomic E-state index is -3.83. The number of anilines is 1. The molecule has 0 aromatic carbocycles. The molecule has 0 aliphatic rings. The highest BCUT2D eigenvalue weighted by molar-refractivity contribution is 7.92. The van der Waals surface area contributed by atoms with Gasteiger partial charge >= 0.3 is 0 Å². The maximum atomic E-state index is 12.8. The van der Waals surface area contributed by atoms with Crippen LogP contribution in [0.3, 0.4) is 0 Å². The van der Waals surface area contributed by atoms with Gasteiger partial charge in [0.15, 0.2) is 0 Å². The zero-order valence-electron chi connectivity index (χ0n) is 7.88. The summed E-state index contributed by atoms with van der Waals surface area (Å²) in [5, 5.41) is 6.00. The third-order valence-electron chi connectivity index (χ3n) is 1.74. The molecule has 16 heavy (non-hydrogen) atoms. The van der Waals surface area contributed by atoms with Gasteiger partial charge in [-0.3, -0.25) is 14.8 Å². The number of halogens is 1. The number of hydrogen-bond donors (Lipinski definition) is 2. The van der Waals surface area contributed by atoms with Gasteiger partial charge in [0.2, 0.25) is 0 Å². The number of nitrogens with zero attached hydrogens (tertiary/aromatic N) is 2. The molecule has 0 spiro atoms. The SMILES string of the molecule is O=S(=O)(Nc1ccn[nH]1)c1cncc(F)c1. The summed E-state index contributed by atoms with van der Waals surface area (Å²) in [4.78, 5) is 3.21. The van der Waals surface area contributed by atoms with Crippen molar-refractivity contribution in [2.24, 2.45) is 0 Å². The maximum Gasteiger partial charge on any atom is 0.264 e. The Kier molecular flexibility index (Phi) is 2.57. The minimum Gasteiger partial charge on any atom is -0.264 e. The van der Waals surface area contributed by atoms with Crippen LogP contribution in [0.15, 0.2) is 35.6 Å². The van der Waals surface area contributed by atoms with Crippen LogP contribution in [0.5, 0.6) is 0 Å². The van der Waals surface area contributed by atoms with Crippen molar-refractivity contribution < 1.29 is 12.8 Å². The lowest BCUT2D eigenvalue weighted by Gasteiger charge is -2.04. The molecule has 0 aliphatic heterocycles. The molecule has 0 amide bonds. The molecule has 2 heterocycles. The first kappa shape index (κ1) is 10.6. The number of hydrogen-bond acceptors (Lipinski definition) is 4. The minimum absolute atomic E-state index is 0.198. The molecule has 2 rings (SSSR count). The summed E-state index contributed by atoms with van der Waals surface area (Å²) < 4.78 is 38.4. The van der Waals surface area contributed by atoms with Crippen LogP contribution in [0.4, 0.5) is 10.2 Å². The predicted molar refractivity (Wildman–Crippen MR) is 53.6 cm³/mol. The van der Waals surface area contributed by atoms with Gasteiger partial charge < -0.3 is 0 Å². The third kappa shape index (κ3) is 2.16. The van der Waals surface area contributed by atoms with Gasteiger partial charge in [0.25, 0.3) is 10.0 Å². The monoisotopic (exact) mass is 242 g/mol. The molecule has 0 bridgehead atoms. The molecule has 0 saturated heterocycles. The lowest BCUT2D eigenvalue weighted by atomic mass is 10.5. The van der Waals surface area contributed by atoms with Crippen molar-refractivity contribution in [2.45, 2.75) is 4.90 Å². The summed E-state index contributed by atoms with van der Waals surface area (Å²) in [6, 6.07) is 2.32. The summed E-state index contributed by atoms with van der Waals surface area (Å²) >= 11 is 0. The van der Waals surface area contributed by atoms with Crippen LogP contribution >= 0.6 is 0 Å². The fraction of sp³-hybridized carbons (Fsp3) is 0. The van der Waals surface area contributed by atoms with Crippen LogP contribution < -0.4 is 4.72 Å². The van der Waals surface area contributed by atoms with E-state index < -0.39 is 15.8 Å². The third-order valence-corrected chi connectivity index (χ3v) is 3.07. The van der Waals surface area contributed by atoms with E-state index in [0.717, 1.165) is 18.5 Å². The van der Waals surface area contributed by atoms with Crippen LogP contribution in [-0.4, -0.2) is 23.6 Å². The molecule has 2 aromatic heterocycles. The molecule has 0 aliphatic carbocycles. The van der Waals surface area contributed by atoms with Gasteiger partial charge in [-0.25, -0.2) is 12.8 Å². The molecule has 84 valence electrons. The fourth-order valence-corrected chi connectivity index (χ4v) is 2.04. The summed E-state index contributed by atoms with van der Waals surface area (Å²) in [6.07, 6.45) is 3.37. The van der Waals surface area contributed by atoms with Crippen molar-refractivity contribution in [1.29, 1.82) is 0 Å². The Hall–Kier alpha value is -1.96. The number of sulfonamides is 1. The second-order valence-electron chi connectivity index (χ2n) is 2.91. The molecule has 0 atom stereocenters. The van der Waals surface area contributed by atoms with Gasteiger partial charge in [-0.15, -0.1) is 0 Å². The number of H-pyrrole nitrogens is 1. The van der Waals surface area contributed by atoms with Crippen molar-refractivity contribution in [2.75, 3.05) is 4.72 Å². The molecule has 0 unspecified atom stereocenters. The highest BCUT2D eigenvalue weighted by atomic mass is 32.2. The molecule has 2 N–H and O–H groups in total. The van der Waals surface area contributed by atoms with E-state index in [0.29, 0.717) is 0 Å². The molecule has 0 fully saturated rings. The van der Waals surface area contributed by atoms with E-state index >= 15 is 0 Å². The standard InChI is InChI=1S/C8H7FN4O2S/c9-6-3-7(5-10-4-6)16(14,15)13-8-1-2-11-12-8/h1-5H,(H2,11,12,13). The highest BCUT2D eigenvalue weighted by Gasteiger charge is 2.15. The van der Waals surface area contributed by atoms with Gasteiger partial charge in [-0.2, -0.15) is 5.10 Å². The van der Waals surface area contributed by atoms with Gasteiger partial charge in [0, 0.05) is 12.3 Å². The lowest BCUT2D eigenvalue weighted by Crippen LogP contribution is -2.13. The lowest BCUT2D eigenvalue weighted by molar-refractivity contribution is 0.592. The van der Waals surface area contributed by atoms with E-state index in [4.69, 9.17) is 0 Å². The number of pyridine rings is 1. The summed E-state index contributed by atoms with van der Waals surface area (Å²) in [5.41, 5.74) is 0. The molecular weight excluding hydrogens is 235 g/mol. The molecule has 6 nitrogen and oxygen atoms in total. The van der Waals surface area contributed by atoms with Crippen molar-refractivity contribution in [1.82, 2.24) is 15.2 Å². The van der Waals surface area contributed by atoms with Crippen molar-refractivity contribution in [3.05, 3.63) is 36.5 Å². The van der Waals surface area contributed by atoms with Crippen LogP contribution in [0.25, 0.3) is 0 Å². The summed E-state index contributed by atoms with van der Waals surface area (Å²) in [7, 11) is -3.83. The Balaban J connectivity index is 2.33. The number of rotatable bonds is 3. The van der Waals surface area contributed by atoms with Crippen LogP contribution in [0, 0.1) is 5.82 Å². The Bertz CT molecular complexity index is 582. The second-order valence-corrected chi connectivity index (χ2v) is 4.60. The van der Waals surface area contributed by atoms with Gasteiger partial charge in [-0.1, -0.05) is 0 Å². The zero-order chi connectivity index (χ0) is 11.6. The first-order chi connectivity index (χ1) is 7.58. The van der Waals surface area contributed by atoms with Gasteiger partial charge in [0.05, 0.1) is 12.4 Å². The van der Waals surface area contributed by atoms with E-state index in [9.17, 15) is 12.8 Å². The Morgan fingerprint density at radius 2 is 2.19 bits per heavy atom. The molecule has 0 saturated carbocycles. The fourth-order valence-electron chi connectivity index (χ4n) is 1.06. The van der Waals surface area contributed by atoms with Crippen molar-refractivity contribution in [3.8, 4) is 0 Å². The summed E-state index contributed by atoms with van der Waals surface area (Å²) in [5.74, 6) is -0.517. The van der Waals surface area contributed by atoms with Crippen LogP contribution in [-0.2, 0) is 10.0 Å². The maximum absolute atomic E-state index is 12.8. The van der Waals surface area contributed by atoms with Crippen LogP contribution in [0.2, 0.25) is 0 Å². The normalized spacial score (nSPS) is 11.3. The molecule has 0 radical (unpaired) electrons. The first-order valence-electron chi connectivity index (χ1n) is 4.21. The summed E-state index contributed by atoms with van der Waals surface area (Å²) in [6.45, 7) is 0. The molecular formula is C8H7FN4O2S. The molecule has 2 aromatic rings. The first-order valence-corrected chi connectivity index (χ1v) is 5.69. The van der Waals surface area contributed by atoms with Crippen LogP contribution in [0.1, 0.15) is 0 Å². The number of aromatic nitrogens is 3. The average Bonchev–Trinajstić information content (AvgIpc) is 2.70. The topological polar surface area (TPSA) is 87.7 Å². The van der Waals surface area contributed by atoms with Gasteiger partial charge in [0.1, 0.15) is 16.5 Å². The van der Waals surface area contributed by atoms with Crippen molar-refractivity contribution >= 4 is 15.8 Å². The van der Waals surface area contributed by atoms with Crippen molar-refractivity contribution in [3.63, 3.8) is 0 Å². The number of nitrogens with one attached hydrogen (secondary N) is 2. The Morgan fingerprint density at radius 1 is 1.38 bits per heavy atom. The predicted octanol–water partition coefficient (Wildman–Crippen LogP) is 0.745. The number of aromatic amines is 1. The largest absolute Gasteiger partial charge is 0.264 e. The average molecular weight is 242 g/mol. The Labute approximate surface area is 90.6 Å². The Morgan fingerprint density at radius 3 is 2.81 bits per heavy atom. The zero-order valence-corrected chi connectivity index (χ0v) is 8.70. The highest BCUT2D eigenvalue weighted by Crippen LogP contribution is 2.13. The van der Waals surface area contributed by atoms with E-state index in [-0.39, 0.29) is 10.7 Å². The molecule has 8 heteroatoms. The van der Waals surface area contributed by atoms with E-state index in [1.807, 2.05) is 0 Å². The quantitative estimate of drug-likeness (QED) is 0.831. The van der Waals surface area contributed by atoms with E-state index in [2.05, 4.69) is 19.9 Å². The van der Waals surface area contributed by atoms with Gasteiger partial charge in [-0.05, 0) is 6.07 Å². The van der Waals surface area contributed by atoms with E-state index in [1.54, 1.807) is 0 Å². The smallest absolute Gasteiger partial charge is 0.264 e. The second kappa shape index (κ2) is 3.89.